The maximum Gasteiger partial charge on any atom is 0.256 e. The second-order valence-corrected chi connectivity index (χ2v) is 5.08. The Morgan fingerprint density at radius 3 is 2.74 bits per heavy atom. The van der Waals surface area contributed by atoms with Gasteiger partial charge in [-0.15, -0.1) is 0 Å². The number of aromatic nitrogens is 1. The number of carbonyl (C=O) groups is 1. The van der Waals surface area contributed by atoms with E-state index < -0.39 is 0 Å². The molecule has 0 fully saturated rings. The van der Waals surface area contributed by atoms with Crippen LogP contribution in [-0.2, 0) is 4.74 Å². The summed E-state index contributed by atoms with van der Waals surface area (Å²) in [4.78, 5) is 16.5. The van der Waals surface area contributed by atoms with Crippen LogP contribution >= 0.6 is 0 Å². The van der Waals surface area contributed by atoms with Crippen molar-refractivity contribution < 1.29 is 14.3 Å². The van der Waals surface area contributed by atoms with Crippen molar-refractivity contribution >= 4 is 5.91 Å². The van der Waals surface area contributed by atoms with Crippen molar-refractivity contribution in [1.29, 1.82) is 0 Å². The van der Waals surface area contributed by atoms with Crippen LogP contribution in [-0.4, -0.2) is 31.2 Å². The van der Waals surface area contributed by atoms with Gasteiger partial charge in [0.2, 0.25) is 5.88 Å². The van der Waals surface area contributed by atoms with Crippen molar-refractivity contribution in [3.8, 4) is 5.88 Å². The van der Waals surface area contributed by atoms with Gasteiger partial charge in [0.25, 0.3) is 5.91 Å². The highest BCUT2D eigenvalue weighted by molar-refractivity contribution is 5.96. The first kappa shape index (κ1) is 17.0. The third kappa shape index (κ3) is 4.29. The molecule has 1 heterocycles. The van der Waals surface area contributed by atoms with Gasteiger partial charge in [0.05, 0.1) is 12.7 Å². The average molecular weight is 314 g/mol. The molecule has 122 valence electrons. The molecule has 1 amide bonds. The summed E-state index contributed by atoms with van der Waals surface area (Å²) in [6, 6.07) is 11.4. The highest BCUT2D eigenvalue weighted by Gasteiger charge is 2.17. The summed E-state index contributed by atoms with van der Waals surface area (Å²) in [5.41, 5.74) is 2.62. The van der Waals surface area contributed by atoms with E-state index in [1.165, 1.54) is 0 Å². The van der Waals surface area contributed by atoms with Crippen LogP contribution in [0.15, 0.2) is 42.6 Å². The monoisotopic (exact) mass is 314 g/mol. The molecule has 0 radical (unpaired) electrons. The maximum absolute atomic E-state index is 12.4. The number of hydrogen-bond acceptors (Lipinski definition) is 4. The summed E-state index contributed by atoms with van der Waals surface area (Å²) >= 11 is 0. The molecule has 0 bridgehead atoms. The second kappa shape index (κ2) is 8.29. The van der Waals surface area contributed by atoms with Gasteiger partial charge in [-0.05, 0) is 37.1 Å². The SMILES string of the molecule is CCOc1ncccc1C(=O)NCC(OC)c1ccccc1C. The van der Waals surface area contributed by atoms with Crippen LogP contribution in [0, 0.1) is 6.92 Å². The number of carbonyl (C=O) groups excluding carboxylic acids is 1. The number of rotatable bonds is 7. The molecule has 1 unspecified atom stereocenters. The summed E-state index contributed by atoms with van der Waals surface area (Å²) in [6.07, 6.45) is 1.40. The molecule has 1 N–H and O–H groups in total. The van der Waals surface area contributed by atoms with Gasteiger partial charge in [0.1, 0.15) is 5.56 Å². The van der Waals surface area contributed by atoms with Gasteiger partial charge in [-0.2, -0.15) is 0 Å². The van der Waals surface area contributed by atoms with Gasteiger partial charge in [0, 0.05) is 19.9 Å². The van der Waals surface area contributed by atoms with Gasteiger partial charge in [0.15, 0.2) is 0 Å². The van der Waals surface area contributed by atoms with Gasteiger partial charge >= 0.3 is 0 Å². The van der Waals surface area contributed by atoms with Crippen molar-refractivity contribution in [3.63, 3.8) is 0 Å². The second-order valence-electron chi connectivity index (χ2n) is 5.08. The van der Waals surface area contributed by atoms with Crippen LogP contribution in [0.5, 0.6) is 5.88 Å². The van der Waals surface area contributed by atoms with E-state index in [9.17, 15) is 4.79 Å². The van der Waals surface area contributed by atoms with E-state index in [0.717, 1.165) is 11.1 Å². The summed E-state index contributed by atoms with van der Waals surface area (Å²) in [5.74, 6) is 0.120. The number of nitrogens with one attached hydrogen (secondary N) is 1. The molecular formula is C18H22N2O3. The number of pyridine rings is 1. The van der Waals surface area contributed by atoms with E-state index in [1.807, 2.05) is 38.1 Å². The van der Waals surface area contributed by atoms with Crippen LogP contribution in [0.2, 0.25) is 0 Å². The minimum atomic E-state index is -0.225. The Kier molecular flexibility index (Phi) is 6.11. The van der Waals surface area contributed by atoms with Crippen LogP contribution < -0.4 is 10.1 Å². The zero-order chi connectivity index (χ0) is 16.7. The number of aryl methyl sites for hydroxylation is 1. The van der Waals surface area contributed by atoms with E-state index in [-0.39, 0.29) is 12.0 Å². The van der Waals surface area contributed by atoms with Crippen LogP contribution in [0.4, 0.5) is 0 Å². The van der Waals surface area contributed by atoms with Crippen molar-refractivity contribution in [2.45, 2.75) is 20.0 Å². The Balaban J connectivity index is 2.07. The zero-order valence-corrected chi connectivity index (χ0v) is 13.7. The molecule has 0 saturated heterocycles. The van der Waals surface area contributed by atoms with Crippen molar-refractivity contribution in [1.82, 2.24) is 10.3 Å². The number of benzene rings is 1. The number of hydrogen-bond donors (Lipinski definition) is 1. The molecule has 0 aliphatic heterocycles. The third-order valence-corrected chi connectivity index (χ3v) is 3.56. The zero-order valence-electron chi connectivity index (χ0n) is 13.7. The predicted molar refractivity (Wildman–Crippen MR) is 88.7 cm³/mol. The number of amides is 1. The number of methoxy groups -OCH3 is 1. The van der Waals surface area contributed by atoms with Gasteiger partial charge < -0.3 is 14.8 Å². The van der Waals surface area contributed by atoms with Gasteiger partial charge in [-0.3, -0.25) is 4.79 Å². The molecular weight excluding hydrogens is 292 g/mol. The summed E-state index contributed by atoms with van der Waals surface area (Å²) in [5, 5.41) is 2.89. The molecule has 0 spiro atoms. The Morgan fingerprint density at radius 2 is 2.04 bits per heavy atom. The van der Waals surface area contributed by atoms with Gasteiger partial charge in [-0.25, -0.2) is 4.98 Å². The first-order valence-electron chi connectivity index (χ1n) is 7.61. The molecule has 5 nitrogen and oxygen atoms in total. The fourth-order valence-corrected chi connectivity index (χ4v) is 2.36. The fourth-order valence-electron chi connectivity index (χ4n) is 2.36. The van der Waals surface area contributed by atoms with Crippen molar-refractivity contribution in [3.05, 3.63) is 59.3 Å². The molecule has 0 aliphatic carbocycles. The molecule has 5 heteroatoms. The predicted octanol–water partition coefficient (Wildman–Crippen LogP) is 2.91. The number of nitrogens with zero attached hydrogens (tertiary/aromatic N) is 1. The minimum absolute atomic E-state index is 0.202. The molecule has 0 aliphatic rings. The van der Waals surface area contributed by atoms with Crippen molar-refractivity contribution in [2.24, 2.45) is 0 Å². The molecule has 1 atom stereocenters. The Hall–Kier alpha value is -2.40. The molecule has 1 aromatic carbocycles. The van der Waals surface area contributed by atoms with E-state index >= 15 is 0 Å². The molecule has 1 aromatic heterocycles. The first-order chi connectivity index (χ1) is 11.2. The summed E-state index contributed by atoms with van der Waals surface area (Å²) in [7, 11) is 1.64. The van der Waals surface area contributed by atoms with Gasteiger partial charge in [-0.1, -0.05) is 24.3 Å². The summed E-state index contributed by atoms with van der Waals surface area (Å²) in [6.45, 7) is 4.72. The van der Waals surface area contributed by atoms with Crippen molar-refractivity contribution in [2.75, 3.05) is 20.3 Å². The lowest BCUT2D eigenvalue weighted by atomic mass is 10.0. The fraction of sp³-hybridized carbons (Fsp3) is 0.333. The minimum Gasteiger partial charge on any atom is -0.477 e. The Labute approximate surface area is 136 Å². The lowest BCUT2D eigenvalue weighted by Gasteiger charge is -2.19. The Morgan fingerprint density at radius 1 is 1.26 bits per heavy atom. The van der Waals surface area contributed by atoms with E-state index in [0.29, 0.717) is 24.6 Å². The molecule has 2 aromatic rings. The smallest absolute Gasteiger partial charge is 0.256 e. The molecule has 23 heavy (non-hydrogen) atoms. The average Bonchev–Trinajstić information content (AvgIpc) is 2.57. The van der Waals surface area contributed by atoms with Crippen LogP contribution in [0.3, 0.4) is 0 Å². The standard InChI is InChI=1S/C18H22N2O3/c1-4-23-18-15(10-7-11-19-18)17(21)20-12-16(22-3)14-9-6-5-8-13(14)2/h5-11,16H,4,12H2,1-3H3,(H,20,21). The normalized spacial score (nSPS) is 11.8. The lowest BCUT2D eigenvalue weighted by molar-refractivity contribution is 0.0822. The van der Waals surface area contributed by atoms with E-state index in [4.69, 9.17) is 9.47 Å². The highest BCUT2D eigenvalue weighted by Crippen LogP contribution is 2.20. The largest absolute Gasteiger partial charge is 0.477 e. The topological polar surface area (TPSA) is 60.5 Å². The highest BCUT2D eigenvalue weighted by atomic mass is 16.5. The molecule has 0 saturated carbocycles. The number of ether oxygens (including phenoxy) is 2. The van der Waals surface area contributed by atoms with E-state index in [2.05, 4.69) is 10.3 Å². The Bertz CT molecular complexity index is 658. The van der Waals surface area contributed by atoms with E-state index in [1.54, 1.807) is 25.4 Å². The van der Waals surface area contributed by atoms with Crippen LogP contribution in [0.25, 0.3) is 0 Å². The maximum atomic E-state index is 12.4. The third-order valence-electron chi connectivity index (χ3n) is 3.56. The summed E-state index contributed by atoms with van der Waals surface area (Å²) < 4.78 is 10.9. The molecule has 2 rings (SSSR count). The first-order valence-corrected chi connectivity index (χ1v) is 7.61. The lowest BCUT2D eigenvalue weighted by Crippen LogP contribution is -2.30. The van der Waals surface area contributed by atoms with Crippen LogP contribution in [0.1, 0.15) is 34.5 Å². The quantitative estimate of drug-likeness (QED) is 0.853.